The molecule has 0 aliphatic rings. The lowest BCUT2D eigenvalue weighted by molar-refractivity contribution is -0.148. The minimum atomic E-state index is -4.47. The first-order valence-electron chi connectivity index (χ1n) is 6.60. The van der Waals surface area contributed by atoms with Crippen molar-refractivity contribution in [3.63, 3.8) is 0 Å². The molecule has 120 valence electrons. The van der Waals surface area contributed by atoms with Crippen LogP contribution in [0.4, 0.5) is 13.2 Å². The summed E-state index contributed by atoms with van der Waals surface area (Å²) in [6.45, 7) is 5.73. The van der Waals surface area contributed by atoms with E-state index < -0.39 is 29.4 Å². The first-order chi connectivity index (χ1) is 9.64. The molecule has 0 aliphatic heterocycles. The molecule has 1 aromatic heterocycles. The van der Waals surface area contributed by atoms with Gasteiger partial charge in [-0.15, -0.1) is 0 Å². The number of rotatable bonds is 6. The molecule has 1 heterocycles. The fourth-order valence-corrected chi connectivity index (χ4v) is 2.26. The van der Waals surface area contributed by atoms with E-state index in [-0.39, 0.29) is 6.42 Å². The normalized spacial score (nSPS) is 16.3. The van der Waals surface area contributed by atoms with Crippen molar-refractivity contribution in [1.82, 2.24) is 15.1 Å². The Hall–Kier alpha value is -1.57. The summed E-state index contributed by atoms with van der Waals surface area (Å²) >= 11 is 0. The third-order valence-corrected chi connectivity index (χ3v) is 3.26. The van der Waals surface area contributed by atoms with E-state index in [1.54, 1.807) is 13.8 Å². The van der Waals surface area contributed by atoms with Crippen LogP contribution in [-0.2, 0) is 15.7 Å². The molecule has 5 nitrogen and oxygen atoms in total. The fourth-order valence-electron chi connectivity index (χ4n) is 2.26. The summed E-state index contributed by atoms with van der Waals surface area (Å²) in [5.74, 6) is -0.459. The molecule has 0 fully saturated rings. The third kappa shape index (κ3) is 4.20. The van der Waals surface area contributed by atoms with Crippen molar-refractivity contribution in [3.05, 3.63) is 18.0 Å². The monoisotopic (exact) mass is 307 g/mol. The average Bonchev–Trinajstić information content (AvgIpc) is 2.87. The summed E-state index contributed by atoms with van der Waals surface area (Å²) in [5.41, 5.74) is -1.93. The van der Waals surface area contributed by atoms with Crippen LogP contribution in [0.3, 0.4) is 0 Å². The Morgan fingerprint density at radius 1 is 1.52 bits per heavy atom. The number of hydrogen-bond donors (Lipinski definition) is 1. The van der Waals surface area contributed by atoms with Crippen LogP contribution >= 0.6 is 0 Å². The van der Waals surface area contributed by atoms with Crippen LogP contribution in [0.15, 0.2) is 12.3 Å². The number of halogens is 3. The van der Waals surface area contributed by atoms with Gasteiger partial charge < -0.3 is 10.1 Å². The zero-order valence-corrected chi connectivity index (χ0v) is 12.5. The van der Waals surface area contributed by atoms with Gasteiger partial charge in [-0.05, 0) is 32.9 Å². The first kappa shape index (κ1) is 17.5. The molecule has 21 heavy (non-hydrogen) atoms. The molecule has 0 aromatic carbocycles. The summed E-state index contributed by atoms with van der Waals surface area (Å²) in [6, 6.07) is 0.517. The number of esters is 1. The fraction of sp³-hybridized carbons (Fsp3) is 0.692. The van der Waals surface area contributed by atoms with E-state index in [0.29, 0.717) is 6.54 Å². The highest BCUT2D eigenvalue weighted by Crippen LogP contribution is 2.29. The SMILES string of the molecule is CCNC(C)(CC(C)n1ccc(C(F)(F)F)n1)C(=O)OC. The lowest BCUT2D eigenvalue weighted by Crippen LogP contribution is -2.51. The number of nitrogens with one attached hydrogen (secondary N) is 1. The van der Waals surface area contributed by atoms with Crippen LogP contribution in [0.2, 0.25) is 0 Å². The van der Waals surface area contributed by atoms with Gasteiger partial charge in [-0.25, -0.2) is 0 Å². The molecule has 0 bridgehead atoms. The van der Waals surface area contributed by atoms with Gasteiger partial charge in [0, 0.05) is 6.20 Å². The number of nitrogens with zero attached hydrogens (tertiary/aromatic N) is 2. The Labute approximate surface area is 121 Å². The molecule has 0 saturated heterocycles. The maximum Gasteiger partial charge on any atom is 0.435 e. The number of carbonyl (C=O) groups is 1. The van der Waals surface area contributed by atoms with E-state index in [9.17, 15) is 18.0 Å². The lowest BCUT2D eigenvalue weighted by Gasteiger charge is -2.30. The van der Waals surface area contributed by atoms with Crippen molar-refractivity contribution in [1.29, 1.82) is 0 Å². The highest BCUT2D eigenvalue weighted by molar-refractivity contribution is 5.80. The Morgan fingerprint density at radius 3 is 2.57 bits per heavy atom. The molecule has 8 heteroatoms. The Morgan fingerprint density at radius 2 is 2.14 bits per heavy atom. The Kier molecular flexibility index (Phi) is 5.38. The van der Waals surface area contributed by atoms with Gasteiger partial charge >= 0.3 is 12.1 Å². The minimum Gasteiger partial charge on any atom is -0.468 e. The van der Waals surface area contributed by atoms with Gasteiger partial charge in [0.05, 0.1) is 13.2 Å². The lowest BCUT2D eigenvalue weighted by atomic mass is 9.93. The minimum absolute atomic E-state index is 0.256. The molecule has 0 radical (unpaired) electrons. The van der Waals surface area contributed by atoms with E-state index in [2.05, 4.69) is 10.4 Å². The van der Waals surface area contributed by atoms with E-state index >= 15 is 0 Å². The number of ether oxygens (including phenoxy) is 1. The number of methoxy groups -OCH3 is 1. The molecule has 0 spiro atoms. The van der Waals surface area contributed by atoms with Gasteiger partial charge in [0.1, 0.15) is 5.54 Å². The topological polar surface area (TPSA) is 56.2 Å². The Bertz CT molecular complexity index is 487. The van der Waals surface area contributed by atoms with Crippen LogP contribution < -0.4 is 5.32 Å². The van der Waals surface area contributed by atoms with Gasteiger partial charge in [0.2, 0.25) is 0 Å². The number of alkyl halides is 3. The van der Waals surface area contributed by atoms with E-state index in [4.69, 9.17) is 4.74 Å². The van der Waals surface area contributed by atoms with Crippen LogP contribution in [0, 0.1) is 0 Å². The molecular weight excluding hydrogens is 287 g/mol. The smallest absolute Gasteiger partial charge is 0.435 e. The maximum atomic E-state index is 12.5. The number of carbonyl (C=O) groups excluding carboxylic acids is 1. The molecular formula is C13H20F3N3O2. The van der Waals surface area contributed by atoms with Crippen molar-refractivity contribution in [3.8, 4) is 0 Å². The van der Waals surface area contributed by atoms with Gasteiger partial charge in [-0.1, -0.05) is 6.92 Å². The quantitative estimate of drug-likeness (QED) is 0.820. The summed E-state index contributed by atoms with van der Waals surface area (Å²) in [6.07, 6.45) is -2.96. The van der Waals surface area contributed by atoms with Gasteiger partial charge in [0.15, 0.2) is 5.69 Å². The zero-order chi connectivity index (χ0) is 16.3. The number of hydrogen-bond acceptors (Lipinski definition) is 4. The molecule has 0 aliphatic carbocycles. The largest absolute Gasteiger partial charge is 0.468 e. The van der Waals surface area contributed by atoms with Crippen LogP contribution in [-0.4, -0.2) is 34.9 Å². The second kappa shape index (κ2) is 6.46. The van der Waals surface area contributed by atoms with E-state index in [1.807, 2.05) is 6.92 Å². The van der Waals surface area contributed by atoms with Gasteiger partial charge in [0.25, 0.3) is 0 Å². The predicted molar refractivity (Wildman–Crippen MR) is 70.7 cm³/mol. The number of aromatic nitrogens is 2. The van der Waals surface area contributed by atoms with Crippen LogP contribution in [0.5, 0.6) is 0 Å². The van der Waals surface area contributed by atoms with Crippen molar-refractivity contribution in [2.45, 2.75) is 44.9 Å². The standard InChI is InChI=1S/C13H20F3N3O2/c1-5-17-12(3,11(20)21-4)8-9(2)19-7-6-10(18-19)13(14,15)16/h6-7,9,17H,5,8H2,1-4H3. The maximum absolute atomic E-state index is 12.5. The van der Waals surface area contributed by atoms with Crippen LogP contribution in [0.25, 0.3) is 0 Å². The van der Waals surface area contributed by atoms with Gasteiger partial charge in [-0.3, -0.25) is 9.48 Å². The summed E-state index contributed by atoms with van der Waals surface area (Å²) in [5, 5.41) is 6.53. The molecule has 1 N–H and O–H groups in total. The second-order valence-electron chi connectivity index (χ2n) is 5.09. The third-order valence-electron chi connectivity index (χ3n) is 3.26. The molecule has 2 unspecified atom stereocenters. The van der Waals surface area contributed by atoms with Crippen molar-refractivity contribution >= 4 is 5.97 Å². The summed E-state index contributed by atoms with van der Waals surface area (Å²) < 4.78 is 43.6. The molecule has 0 amide bonds. The number of likely N-dealkylation sites (N-methyl/N-ethyl adjacent to an activating group) is 1. The highest BCUT2D eigenvalue weighted by Gasteiger charge is 2.37. The molecule has 0 saturated carbocycles. The summed E-state index contributed by atoms with van der Waals surface area (Å²) in [4.78, 5) is 11.9. The van der Waals surface area contributed by atoms with Crippen molar-refractivity contribution in [2.24, 2.45) is 0 Å². The first-order valence-corrected chi connectivity index (χ1v) is 6.60. The second-order valence-corrected chi connectivity index (χ2v) is 5.09. The highest BCUT2D eigenvalue weighted by atomic mass is 19.4. The van der Waals surface area contributed by atoms with E-state index in [0.717, 1.165) is 6.07 Å². The molecule has 2 atom stereocenters. The molecule has 1 aromatic rings. The Balaban J connectivity index is 2.90. The van der Waals surface area contributed by atoms with Gasteiger partial charge in [-0.2, -0.15) is 18.3 Å². The predicted octanol–water partition coefficient (Wildman–Crippen LogP) is 2.39. The van der Waals surface area contributed by atoms with E-state index in [1.165, 1.54) is 18.0 Å². The van der Waals surface area contributed by atoms with Crippen molar-refractivity contribution in [2.75, 3.05) is 13.7 Å². The van der Waals surface area contributed by atoms with Crippen molar-refractivity contribution < 1.29 is 22.7 Å². The summed E-state index contributed by atoms with van der Waals surface area (Å²) in [7, 11) is 1.28. The average molecular weight is 307 g/mol. The van der Waals surface area contributed by atoms with Crippen LogP contribution in [0.1, 0.15) is 38.9 Å². The zero-order valence-electron chi connectivity index (χ0n) is 12.5. The molecule has 1 rings (SSSR count).